The maximum atomic E-state index is 12.3. The van der Waals surface area contributed by atoms with Gasteiger partial charge in [0.1, 0.15) is 5.56 Å². The SMILES string of the molecule is O=C(Nc1ccccc1)c1cc2cc(Br)cc(Br)c2oc1=O. The van der Waals surface area contributed by atoms with Crippen molar-refractivity contribution in [2.75, 3.05) is 5.32 Å². The van der Waals surface area contributed by atoms with E-state index in [1.807, 2.05) is 6.07 Å². The second-order valence-electron chi connectivity index (χ2n) is 4.57. The van der Waals surface area contributed by atoms with Crippen molar-refractivity contribution >= 4 is 54.4 Å². The molecule has 110 valence electrons. The van der Waals surface area contributed by atoms with Gasteiger partial charge in [-0.25, -0.2) is 4.79 Å². The molecule has 0 unspecified atom stereocenters. The maximum absolute atomic E-state index is 12.3. The first-order chi connectivity index (χ1) is 10.5. The molecule has 0 saturated heterocycles. The highest BCUT2D eigenvalue weighted by molar-refractivity contribution is 9.11. The number of hydrogen-bond donors (Lipinski definition) is 1. The van der Waals surface area contributed by atoms with E-state index in [1.54, 1.807) is 36.4 Å². The third-order valence-electron chi connectivity index (χ3n) is 3.03. The average molecular weight is 423 g/mol. The Morgan fingerprint density at radius 3 is 2.50 bits per heavy atom. The van der Waals surface area contributed by atoms with Crippen LogP contribution >= 0.6 is 31.9 Å². The highest BCUT2D eigenvalue weighted by Gasteiger charge is 2.15. The fourth-order valence-corrected chi connectivity index (χ4v) is 3.37. The quantitative estimate of drug-likeness (QED) is 0.615. The van der Waals surface area contributed by atoms with Gasteiger partial charge >= 0.3 is 5.63 Å². The molecule has 0 aliphatic heterocycles. The number of rotatable bonds is 2. The molecule has 0 aliphatic carbocycles. The summed E-state index contributed by atoms with van der Waals surface area (Å²) >= 11 is 6.70. The third kappa shape index (κ3) is 2.98. The van der Waals surface area contributed by atoms with E-state index in [2.05, 4.69) is 37.2 Å². The maximum Gasteiger partial charge on any atom is 0.349 e. The van der Waals surface area contributed by atoms with Crippen LogP contribution in [0.25, 0.3) is 11.0 Å². The van der Waals surface area contributed by atoms with Gasteiger partial charge in [0, 0.05) is 15.5 Å². The van der Waals surface area contributed by atoms with Crippen molar-refractivity contribution < 1.29 is 9.21 Å². The van der Waals surface area contributed by atoms with Crippen LogP contribution in [0.3, 0.4) is 0 Å². The number of carbonyl (C=O) groups excluding carboxylic acids is 1. The minimum atomic E-state index is -0.677. The van der Waals surface area contributed by atoms with E-state index in [9.17, 15) is 9.59 Å². The molecule has 1 aromatic heterocycles. The second kappa shape index (κ2) is 6.06. The normalized spacial score (nSPS) is 10.6. The zero-order valence-electron chi connectivity index (χ0n) is 11.1. The molecule has 0 spiro atoms. The summed E-state index contributed by atoms with van der Waals surface area (Å²) in [6.45, 7) is 0. The molecular weight excluding hydrogens is 414 g/mol. The lowest BCUT2D eigenvalue weighted by Crippen LogP contribution is -2.20. The van der Waals surface area contributed by atoms with Crippen molar-refractivity contribution in [3.8, 4) is 0 Å². The highest BCUT2D eigenvalue weighted by Crippen LogP contribution is 2.28. The van der Waals surface area contributed by atoms with Crippen LogP contribution in [0.4, 0.5) is 5.69 Å². The molecule has 1 heterocycles. The van der Waals surface area contributed by atoms with E-state index < -0.39 is 11.5 Å². The Morgan fingerprint density at radius 1 is 1.05 bits per heavy atom. The average Bonchev–Trinajstić information content (AvgIpc) is 2.48. The summed E-state index contributed by atoms with van der Waals surface area (Å²) in [7, 11) is 0. The molecule has 3 aromatic rings. The first kappa shape index (κ1) is 15.0. The van der Waals surface area contributed by atoms with E-state index in [4.69, 9.17) is 4.42 Å². The molecule has 1 N–H and O–H groups in total. The highest BCUT2D eigenvalue weighted by atomic mass is 79.9. The van der Waals surface area contributed by atoms with Crippen molar-refractivity contribution in [1.29, 1.82) is 0 Å². The van der Waals surface area contributed by atoms with Crippen LogP contribution in [0.2, 0.25) is 0 Å². The van der Waals surface area contributed by atoms with Gasteiger partial charge < -0.3 is 9.73 Å². The summed E-state index contributed by atoms with van der Waals surface area (Å²) in [6, 6.07) is 14.0. The summed E-state index contributed by atoms with van der Waals surface area (Å²) < 4.78 is 6.71. The van der Waals surface area contributed by atoms with Crippen LogP contribution in [-0.2, 0) is 0 Å². The lowest BCUT2D eigenvalue weighted by Gasteiger charge is -2.06. The number of para-hydroxylation sites is 1. The fourth-order valence-electron chi connectivity index (χ4n) is 2.04. The Labute approximate surface area is 142 Å². The minimum absolute atomic E-state index is 0.0404. The first-order valence-electron chi connectivity index (χ1n) is 6.34. The zero-order chi connectivity index (χ0) is 15.7. The van der Waals surface area contributed by atoms with Gasteiger partial charge in [0.05, 0.1) is 4.47 Å². The predicted molar refractivity (Wildman–Crippen MR) is 92.3 cm³/mol. The first-order valence-corrected chi connectivity index (χ1v) is 7.92. The van der Waals surface area contributed by atoms with Crippen molar-refractivity contribution in [2.45, 2.75) is 0 Å². The molecule has 4 nitrogen and oxygen atoms in total. The van der Waals surface area contributed by atoms with E-state index in [-0.39, 0.29) is 5.56 Å². The Kier molecular flexibility index (Phi) is 4.13. The van der Waals surface area contributed by atoms with Gasteiger partial charge in [0.25, 0.3) is 5.91 Å². The summed E-state index contributed by atoms with van der Waals surface area (Å²) in [5.74, 6) is -0.502. The van der Waals surface area contributed by atoms with Crippen LogP contribution in [0.1, 0.15) is 10.4 Å². The van der Waals surface area contributed by atoms with Gasteiger partial charge in [-0.2, -0.15) is 0 Å². The second-order valence-corrected chi connectivity index (χ2v) is 6.34. The van der Waals surface area contributed by atoms with Gasteiger partial charge in [0.15, 0.2) is 5.58 Å². The van der Waals surface area contributed by atoms with Crippen LogP contribution in [-0.4, -0.2) is 5.91 Å². The fraction of sp³-hybridized carbons (Fsp3) is 0. The summed E-state index contributed by atoms with van der Waals surface area (Å²) in [4.78, 5) is 24.3. The molecule has 0 aliphatic rings. The van der Waals surface area contributed by atoms with Gasteiger partial charge in [0.2, 0.25) is 0 Å². The number of anilines is 1. The number of halogens is 2. The minimum Gasteiger partial charge on any atom is -0.421 e. The van der Waals surface area contributed by atoms with Crippen LogP contribution in [0.15, 0.2) is 66.7 Å². The molecule has 0 saturated carbocycles. The summed E-state index contributed by atoms with van der Waals surface area (Å²) in [6.07, 6.45) is 0. The predicted octanol–water partition coefficient (Wildman–Crippen LogP) is 4.57. The summed E-state index contributed by atoms with van der Waals surface area (Å²) in [5.41, 5.74) is 0.303. The number of hydrogen-bond acceptors (Lipinski definition) is 3. The smallest absolute Gasteiger partial charge is 0.349 e. The van der Waals surface area contributed by atoms with Gasteiger partial charge in [-0.3, -0.25) is 4.79 Å². The van der Waals surface area contributed by atoms with E-state index in [1.165, 1.54) is 6.07 Å². The molecule has 22 heavy (non-hydrogen) atoms. The van der Waals surface area contributed by atoms with Crippen LogP contribution < -0.4 is 10.9 Å². The van der Waals surface area contributed by atoms with Crippen LogP contribution in [0, 0.1) is 0 Å². The van der Waals surface area contributed by atoms with Gasteiger partial charge in [-0.1, -0.05) is 34.1 Å². The molecule has 0 fully saturated rings. The number of carbonyl (C=O) groups is 1. The largest absolute Gasteiger partial charge is 0.421 e. The number of fused-ring (bicyclic) bond motifs is 1. The van der Waals surface area contributed by atoms with Crippen molar-refractivity contribution in [3.05, 3.63) is 73.5 Å². The summed E-state index contributed by atoms with van der Waals surface area (Å²) in [5, 5.41) is 3.32. The van der Waals surface area contributed by atoms with Crippen molar-refractivity contribution in [2.24, 2.45) is 0 Å². The molecule has 6 heteroatoms. The van der Waals surface area contributed by atoms with Crippen molar-refractivity contribution in [1.82, 2.24) is 0 Å². The van der Waals surface area contributed by atoms with E-state index in [0.717, 1.165) is 4.47 Å². The van der Waals surface area contributed by atoms with Crippen molar-refractivity contribution in [3.63, 3.8) is 0 Å². The molecule has 0 atom stereocenters. The Hall–Kier alpha value is -1.92. The Bertz CT molecular complexity index is 920. The van der Waals surface area contributed by atoms with Crippen LogP contribution in [0.5, 0.6) is 0 Å². The molecule has 0 bridgehead atoms. The monoisotopic (exact) mass is 421 g/mol. The number of amides is 1. The molecular formula is C16H9Br2NO3. The lowest BCUT2D eigenvalue weighted by atomic mass is 10.1. The number of nitrogens with one attached hydrogen (secondary N) is 1. The molecule has 0 radical (unpaired) electrons. The Balaban J connectivity index is 2.05. The standard InChI is InChI=1S/C16H9Br2NO3/c17-10-6-9-7-12(16(21)22-14(9)13(18)8-10)15(20)19-11-4-2-1-3-5-11/h1-8H,(H,19,20). The lowest BCUT2D eigenvalue weighted by molar-refractivity contribution is 0.102. The number of benzene rings is 2. The Morgan fingerprint density at radius 2 is 1.77 bits per heavy atom. The van der Waals surface area contributed by atoms with Gasteiger partial charge in [-0.05, 0) is 46.3 Å². The van der Waals surface area contributed by atoms with Gasteiger partial charge in [-0.15, -0.1) is 0 Å². The molecule has 3 rings (SSSR count). The third-order valence-corrected chi connectivity index (χ3v) is 4.07. The molecule has 2 aromatic carbocycles. The van der Waals surface area contributed by atoms with E-state index >= 15 is 0 Å². The van der Waals surface area contributed by atoms with E-state index in [0.29, 0.717) is 21.1 Å². The molecule has 1 amide bonds. The topological polar surface area (TPSA) is 59.3 Å². The zero-order valence-corrected chi connectivity index (χ0v) is 14.3.